The molecule has 2 aromatic rings. The third-order valence-corrected chi connectivity index (χ3v) is 4.91. The molecule has 1 N–H and O–H groups in total. The Labute approximate surface area is 143 Å². The molecule has 1 fully saturated rings. The molecule has 1 aliphatic rings. The number of hydrogen-bond acceptors (Lipinski definition) is 3. The summed E-state index contributed by atoms with van der Waals surface area (Å²) >= 11 is 0. The Balaban J connectivity index is 1.70. The first-order valence-corrected chi connectivity index (χ1v) is 8.66. The summed E-state index contributed by atoms with van der Waals surface area (Å²) in [7, 11) is 0. The summed E-state index contributed by atoms with van der Waals surface area (Å²) in [6.45, 7) is 6.04. The molecule has 0 saturated carbocycles. The number of benzene rings is 2. The Morgan fingerprint density at radius 3 is 2.62 bits per heavy atom. The van der Waals surface area contributed by atoms with Crippen LogP contribution in [0.2, 0.25) is 0 Å². The average Bonchev–Trinajstić information content (AvgIpc) is 2.60. The van der Waals surface area contributed by atoms with Crippen molar-refractivity contribution in [3.8, 4) is 0 Å². The highest BCUT2D eigenvalue weighted by atomic mass is 16.6. The van der Waals surface area contributed by atoms with Gasteiger partial charge in [0.15, 0.2) is 0 Å². The molecule has 0 bridgehead atoms. The minimum atomic E-state index is -0.428. The lowest BCUT2D eigenvalue weighted by Crippen LogP contribution is -2.42. The maximum atomic E-state index is 12.3. The summed E-state index contributed by atoms with van der Waals surface area (Å²) in [5.41, 5.74) is 0.604. The van der Waals surface area contributed by atoms with E-state index in [4.69, 9.17) is 4.74 Å². The summed E-state index contributed by atoms with van der Waals surface area (Å²) in [4.78, 5) is 12.3. The molecule has 3 heteroatoms. The fourth-order valence-corrected chi connectivity index (χ4v) is 3.45. The molecule has 1 heterocycles. The number of nitrogens with one attached hydrogen (secondary N) is 1. The van der Waals surface area contributed by atoms with E-state index in [-0.39, 0.29) is 5.97 Å². The summed E-state index contributed by atoms with van der Waals surface area (Å²) in [6, 6.07) is 14.3. The smallest absolute Gasteiger partial charge is 0.331 e. The van der Waals surface area contributed by atoms with Crippen LogP contribution in [0.4, 0.5) is 0 Å². The first-order chi connectivity index (χ1) is 11.6. The molecule has 0 spiro atoms. The maximum absolute atomic E-state index is 12.3. The lowest BCUT2D eigenvalue weighted by atomic mass is 9.83. The summed E-state index contributed by atoms with van der Waals surface area (Å²) < 4.78 is 5.76. The van der Waals surface area contributed by atoms with Crippen LogP contribution in [0, 0.1) is 5.92 Å². The van der Waals surface area contributed by atoms with Gasteiger partial charge in [0.1, 0.15) is 5.60 Å². The van der Waals surface area contributed by atoms with Crippen LogP contribution in [0.3, 0.4) is 0 Å². The van der Waals surface area contributed by atoms with Gasteiger partial charge in [-0.3, -0.25) is 0 Å². The number of carbonyl (C=O) groups excluding carboxylic acids is 1. The highest BCUT2D eigenvalue weighted by Gasteiger charge is 2.33. The fraction of sp³-hybridized carbons (Fsp3) is 0.381. The highest BCUT2D eigenvalue weighted by molar-refractivity contribution is 5.94. The second kappa shape index (κ2) is 7.18. The van der Waals surface area contributed by atoms with E-state index in [0.717, 1.165) is 36.9 Å². The van der Waals surface area contributed by atoms with E-state index in [0.29, 0.717) is 5.92 Å². The molecule has 24 heavy (non-hydrogen) atoms. The molecule has 0 aliphatic carbocycles. The van der Waals surface area contributed by atoms with Gasteiger partial charge in [0, 0.05) is 12.0 Å². The van der Waals surface area contributed by atoms with Crippen molar-refractivity contribution in [1.82, 2.24) is 5.32 Å². The molecule has 3 nitrogen and oxygen atoms in total. The molecule has 0 unspecified atom stereocenters. The summed E-state index contributed by atoms with van der Waals surface area (Å²) in [6.07, 6.45) is 5.49. The van der Waals surface area contributed by atoms with Gasteiger partial charge in [-0.1, -0.05) is 42.5 Å². The van der Waals surface area contributed by atoms with Gasteiger partial charge in [0.2, 0.25) is 0 Å². The SMILES string of the molecule is CC(C)(OC(=O)/C=C/c1cccc2ccccc12)C1CCNCC1. The number of esters is 1. The van der Waals surface area contributed by atoms with Crippen LogP contribution in [0.1, 0.15) is 32.3 Å². The Morgan fingerprint density at radius 2 is 1.83 bits per heavy atom. The largest absolute Gasteiger partial charge is 0.456 e. The van der Waals surface area contributed by atoms with Crippen molar-refractivity contribution in [2.75, 3.05) is 13.1 Å². The third kappa shape index (κ3) is 3.85. The number of carbonyl (C=O) groups is 1. The normalized spacial score (nSPS) is 16.6. The van der Waals surface area contributed by atoms with Gasteiger partial charge in [-0.05, 0) is 62.2 Å². The van der Waals surface area contributed by atoms with Gasteiger partial charge in [0.25, 0.3) is 0 Å². The van der Waals surface area contributed by atoms with E-state index < -0.39 is 5.60 Å². The van der Waals surface area contributed by atoms with Crippen molar-refractivity contribution in [1.29, 1.82) is 0 Å². The van der Waals surface area contributed by atoms with Crippen molar-refractivity contribution >= 4 is 22.8 Å². The Morgan fingerprint density at radius 1 is 1.12 bits per heavy atom. The van der Waals surface area contributed by atoms with Crippen molar-refractivity contribution in [2.24, 2.45) is 5.92 Å². The Kier molecular flexibility index (Phi) is 5.00. The van der Waals surface area contributed by atoms with Crippen LogP contribution in [-0.2, 0) is 9.53 Å². The highest BCUT2D eigenvalue weighted by Crippen LogP contribution is 2.29. The van der Waals surface area contributed by atoms with Crippen molar-refractivity contribution in [2.45, 2.75) is 32.3 Å². The van der Waals surface area contributed by atoms with Crippen molar-refractivity contribution < 1.29 is 9.53 Å². The van der Waals surface area contributed by atoms with Crippen LogP contribution in [0.5, 0.6) is 0 Å². The van der Waals surface area contributed by atoms with Crippen LogP contribution in [-0.4, -0.2) is 24.7 Å². The first-order valence-electron chi connectivity index (χ1n) is 8.66. The van der Waals surface area contributed by atoms with Crippen LogP contribution < -0.4 is 5.32 Å². The van der Waals surface area contributed by atoms with Crippen LogP contribution in [0.25, 0.3) is 16.8 Å². The topological polar surface area (TPSA) is 38.3 Å². The number of rotatable bonds is 4. The molecule has 0 aromatic heterocycles. The predicted molar refractivity (Wildman–Crippen MR) is 98.7 cm³/mol. The number of hydrogen-bond donors (Lipinski definition) is 1. The predicted octanol–water partition coefficient (Wildman–Crippen LogP) is 4.17. The van der Waals surface area contributed by atoms with Gasteiger partial charge in [-0.2, -0.15) is 0 Å². The van der Waals surface area contributed by atoms with Crippen molar-refractivity contribution in [3.05, 3.63) is 54.1 Å². The van der Waals surface area contributed by atoms with E-state index in [2.05, 4.69) is 23.5 Å². The molecule has 0 atom stereocenters. The zero-order valence-corrected chi connectivity index (χ0v) is 14.4. The second-order valence-electron chi connectivity index (χ2n) is 6.95. The minimum Gasteiger partial charge on any atom is -0.456 e. The standard InChI is InChI=1S/C21H25NO2/c1-21(2,18-12-14-22-15-13-18)24-20(23)11-10-17-8-5-7-16-6-3-4-9-19(16)17/h3-11,18,22H,12-15H2,1-2H3/b11-10+. The quantitative estimate of drug-likeness (QED) is 0.678. The zero-order valence-electron chi connectivity index (χ0n) is 14.4. The van der Waals surface area contributed by atoms with Crippen LogP contribution >= 0.6 is 0 Å². The van der Waals surface area contributed by atoms with Crippen molar-refractivity contribution in [3.63, 3.8) is 0 Å². The molecular formula is C21H25NO2. The van der Waals surface area contributed by atoms with E-state index in [9.17, 15) is 4.79 Å². The van der Waals surface area contributed by atoms with Crippen LogP contribution in [0.15, 0.2) is 48.5 Å². The summed E-state index contributed by atoms with van der Waals surface area (Å²) in [5.74, 6) is 0.139. The van der Waals surface area contributed by atoms with E-state index >= 15 is 0 Å². The number of piperidine rings is 1. The van der Waals surface area contributed by atoms with E-state index in [1.165, 1.54) is 5.39 Å². The molecular weight excluding hydrogens is 298 g/mol. The third-order valence-electron chi connectivity index (χ3n) is 4.91. The first kappa shape index (κ1) is 16.7. The lowest BCUT2D eigenvalue weighted by molar-refractivity contribution is -0.156. The Hall–Kier alpha value is -2.13. The molecule has 126 valence electrons. The molecule has 3 rings (SSSR count). The maximum Gasteiger partial charge on any atom is 0.331 e. The van der Waals surface area contributed by atoms with E-state index in [1.54, 1.807) is 6.08 Å². The Bertz CT molecular complexity index is 737. The van der Waals surface area contributed by atoms with E-state index in [1.807, 2.05) is 44.2 Å². The fourth-order valence-electron chi connectivity index (χ4n) is 3.45. The van der Waals surface area contributed by atoms with Gasteiger partial charge < -0.3 is 10.1 Å². The van der Waals surface area contributed by atoms with Gasteiger partial charge in [0.05, 0.1) is 0 Å². The minimum absolute atomic E-state index is 0.272. The monoisotopic (exact) mass is 323 g/mol. The second-order valence-corrected chi connectivity index (χ2v) is 6.95. The zero-order chi connectivity index (χ0) is 17.0. The average molecular weight is 323 g/mol. The van der Waals surface area contributed by atoms with Gasteiger partial charge in [-0.25, -0.2) is 4.79 Å². The molecule has 1 saturated heterocycles. The molecule has 1 aliphatic heterocycles. The molecule has 0 amide bonds. The molecule has 2 aromatic carbocycles. The number of fused-ring (bicyclic) bond motifs is 1. The van der Waals surface area contributed by atoms with Gasteiger partial charge >= 0.3 is 5.97 Å². The van der Waals surface area contributed by atoms with Gasteiger partial charge in [-0.15, -0.1) is 0 Å². The summed E-state index contributed by atoms with van der Waals surface area (Å²) in [5, 5.41) is 5.66. The molecule has 0 radical (unpaired) electrons. The lowest BCUT2D eigenvalue weighted by Gasteiger charge is -2.36. The number of ether oxygens (including phenoxy) is 1.